The molecule has 11 heteroatoms. The number of aryl methyl sites for hydroxylation is 2. The molecular formula is C31H33F2N5O4. The minimum atomic E-state index is -1.19. The van der Waals surface area contributed by atoms with Crippen molar-refractivity contribution in [3.63, 3.8) is 0 Å². The second kappa shape index (κ2) is 12.4. The van der Waals surface area contributed by atoms with E-state index in [4.69, 9.17) is 14.7 Å². The molecule has 42 heavy (non-hydrogen) atoms. The number of hydrogen-bond acceptors (Lipinski definition) is 7. The van der Waals surface area contributed by atoms with Crippen molar-refractivity contribution in [2.24, 2.45) is 13.0 Å². The highest BCUT2D eigenvalue weighted by Gasteiger charge is 2.37. The average Bonchev–Trinajstić information content (AvgIpc) is 3.52. The third-order valence-corrected chi connectivity index (χ3v) is 7.55. The summed E-state index contributed by atoms with van der Waals surface area (Å²) in [6.45, 7) is 4.96. The number of Topliss-reactive ketones (excluding diaryl/α,β-unsaturated/α-hetero) is 1. The summed E-state index contributed by atoms with van der Waals surface area (Å²) in [5.74, 6) is -2.63. The van der Waals surface area contributed by atoms with E-state index in [0.29, 0.717) is 36.5 Å². The lowest BCUT2D eigenvalue weighted by atomic mass is 9.91. The van der Waals surface area contributed by atoms with E-state index in [9.17, 15) is 18.4 Å². The second-order valence-corrected chi connectivity index (χ2v) is 10.6. The van der Waals surface area contributed by atoms with Gasteiger partial charge in [0, 0.05) is 75.1 Å². The van der Waals surface area contributed by atoms with Crippen molar-refractivity contribution in [2.75, 3.05) is 26.8 Å². The summed E-state index contributed by atoms with van der Waals surface area (Å²) in [6, 6.07) is 12.4. The molecule has 0 radical (unpaired) electrons. The van der Waals surface area contributed by atoms with Gasteiger partial charge < -0.3 is 9.30 Å². The molecule has 1 fully saturated rings. The van der Waals surface area contributed by atoms with Crippen LogP contribution in [0.5, 0.6) is 0 Å². The topological polar surface area (TPSA) is 91.5 Å². The Kier molecular flexibility index (Phi) is 8.72. The minimum Gasteiger partial charge on any atom is -0.383 e. The first-order chi connectivity index (χ1) is 20.2. The maximum absolute atomic E-state index is 14.1. The van der Waals surface area contributed by atoms with Gasteiger partial charge >= 0.3 is 0 Å². The van der Waals surface area contributed by atoms with E-state index >= 15 is 0 Å². The Balaban J connectivity index is 1.46. The zero-order chi connectivity index (χ0) is 30.0. The Morgan fingerprint density at radius 1 is 1.17 bits per heavy atom. The molecule has 1 aromatic carbocycles. The third kappa shape index (κ3) is 6.08. The number of rotatable bonds is 10. The number of benzene rings is 1. The molecule has 3 aromatic heterocycles. The smallest absolute Gasteiger partial charge is 0.253 e. The van der Waals surface area contributed by atoms with Crippen LogP contribution in [-0.4, -0.2) is 57.0 Å². The lowest BCUT2D eigenvalue weighted by Crippen LogP contribution is -2.24. The van der Waals surface area contributed by atoms with E-state index in [1.54, 1.807) is 37.0 Å². The SMILES string of the molecule is COCCN1C[C@@H](CC(=O)Cc2c(C)c(-c3cc(C)c(=O)n(C)c3)nn2-c2ccccc2)[C@H](c2cnc(F)c(F)c2)O1. The predicted octanol–water partition coefficient (Wildman–Crippen LogP) is 4.28. The highest BCUT2D eigenvalue weighted by atomic mass is 19.2. The van der Waals surface area contributed by atoms with Crippen LogP contribution in [0.1, 0.15) is 34.9 Å². The van der Waals surface area contributed by atoms with Crippen LogP contribution in [0.4, 0.5) is 8.78 Å². The van der Waals surface area contributed by atoms with Crippen molar-refractivity contribution in [2.45, 2.75) is 32.8 Å². The van der Waals surface area contributed by atoms with Gasteiger partial charge in [0.25, 0.3) is 5.56 Å². The Hall–Kier alpha value is -4.06. The molecule has 0 spiro atoms. The van der Waals surface area contributed by atoms with E-state index < -0.39 is 17.9 Å². The summed E-state index contributed by atoms with van der Waals surface area (Å²) >= 11 is 0. The minimum absolute atomic E-state index is 0.0545. The summed E-state index contributed by atoms with van der Waals surface area (Å²) in [6.07, 6.45) is 2.56. The van der Waals surface area contributed by atoms with E-state index in [1.165, 1.54) is 10.8 Å². The van der Waals surface area contributed by atoms with Crippen LogP contribution in [0.2, 0.25) is 0 Å². The van der Waals surface area contributed by atoms with Crippen LogP contribution in [-0.2, 0) is 27.8 Å². The fraction of sp³-hybridized carbons (Fsp3) is 0.355. The number of pyridine rings is 2. The van der Waals surface area contributed by atoms with Gasteiger partial charge in [0.15, 0.2) is 5.82 Å². The number of halogens is 2. The Labute approximate surface area is 242 Å². The van der Waals surface area contributed by atoms with Gasteiger partial charge in [-0.1, -0.05) is 18.2 Å². The quantitative estimate of drug-likeness (QED) is 0.260. The van der Waals surface area contributed by atoms with Gasteiger partial charge in [-0.05, 0) is 43.7 Å². The first kappa shape index (κ1) is 29.4. The van der Waals surface area contributed by atoms with Crippen LogP contribution in [0.25, 0.3) is 16.9 Å². The summed E-state index contributed by atoms with van der Waals surface area (Å²) in [5.41, 5.74) is 4.70. The normalized spacial score (nSPS) is 17.2. The average molecular weight is 578 g/mol. The van der Waals surface area contributed by atoms with Gasteiger partial charge in [-0.15, -0.1) is 0 Å². The molecule has 1 saturated heterocycles. The van der Waals surface area contributed by atoms with E-state index in [0.717, 1.165) is 28.6 Å². The number of carbonyl (C=O) groups is 1. The van der Waals surface area contributed by atoms with Crippen molar-refractivity contribution >= 4 is 5.78 Å². The lowest BCUT2D eigenvalue weighted by Gasteiger charge is -2.17. The largest absolute Gasteiger partial charge is 0.383 e. The summed E-state index contributed by atoms with van der Waals surface area (Å²) in [7, 11) is 3.28. The molecule has 9 nitrogen and oxygen atoms in total. The van der Waals surface area contributed by atoms with Gasteiger partial charge in [0.1, 0.15) is 11.9 Å². The maximum Gasteiger partial charge on any atom is 0.253 e. The molecule has 220 valence electrons. The first-order valence-corrected chi connectivity index (χ1v) is 13.7. The lowest BCUT2D eigenvalue weighted by molar-refractivity contribution is -0.155. The first-order valence-electron chi connectivity index (χ1n) is 13.7. The van der Waals surface area contributed by atoms with Gasteiger partial charge in [-0.3, -0.25) is 14.4 Å². The summed E-state index contributed by atoms with van der Waals surface area (Å²) in [5, 5.41) is 6.58. The zero-order valence-electron chi connectivity index (χ0n) is 24.0. The Bertz CT molecular complexity index is 1630. The summed E-state index contributed by atoms with van der Waals surface area (Å²) in [4.78, 5) is 35.6. The highest BCUT2D eigenvalue weighted by molar-refractivity contribution is 5.82. The molecule has 0 bridgehead atoms. The molecule has 0 unspecified atom stereocenters. The van der Waals surface area contributed by atoms with Crippen LogP contribution in [0, 0.1) is 31.5 Å². The third-order valence-electron chi connectivity index (χ3n) is 7.55. The molecular weight excluding hydrogens is 544 g/mol. The number of ketones is 1. The number of carbonyl (C=O) groups excluding carboxylic acids is 1. The van der Waals surface area contributed by atoms with Crippen molar-refractivity contribution in [3.8, 4) is 16.9 Å². The van der Waals surface area contributed by atoms with Gasteiger partial charge in [0.2, 0.25) is 5.95 Å². The van der Waals surface area contributed by atoms with Crippen LogP contribution in [0.15, 0.2) is 59.7 Å². The zero-order valence-corrected chi connectivity index (χ0v) is 24.0. The van der Waals surface area contributed by atoms with E-state index in [2.05, 4.69) is 4.98 Å². The number of methoxy groups -OCH3 is 1. The molecule has 1 aliphatic heterocycles. The maximum atomic E-state index is 14.1. The molecule has 0 N–H and O–H groups in total. The van der Waals surface area contributed by atoms with E-state index in [-0.39, 0.29) is 30.1 Å². The number of ether oxygens (including phenoxy) is 1. The van der Waals surface area contributed by atoms with Crippen LogP contribution in [0.3, 0.4) is 0 Å². The molecule has 1 aliphatic rings. The fourth-order valence-corrected chi connectivity index (χ4v) is 5.43. The van der Waals surface area contributed by atoms with Crippen molar-refractivity contribution in [1.82, 2.24) is 24.4 Å². The number of nitrogens with zero attached hydrogens (tertiary/aromatic N) is 5. The van der Waals surface area contributed by atoms with Gasteiger partial charge in [-0.25, -0.2) is 14.1 Å². The fourth-order valence-electron chi connectivity index (χ4n) is 5.43. The predicted molar refractivity (Wildman–Crippen MR) is 152 cm³/mol. The number of hydroxylamine groups is 2. The second-order valence-electron chi connectivity index (χ2n) is 10.6. The standard InChI is InChI=1S/C31H33F2N5O4/c1-19-12-22(17-36(3)31(19)40)28-20(2)27(38(35-28)24-8-6-5-7-9-24)15-25(39)13-23-18-37(10-11-41-4)42-29(23)21-14-26(32)30(33)34-16-21/h5-9,12,14,16-17,23,29H,10-11,13,15,18H2,1-4H3/t23-,29+/m1/s1. The highest BCUT2D eigenvalue weighted by Crippen LogP contribution is 2.37. The van der Waals surface area contributed by atoms with Gasteiger partial charge in [-0.2, -0.15) is 14.6 Å². The molecule has 5 rings (SSSR count). The van der Waals surface area contributed by atoms with E-state index in [1.807, 2.05) is 43.3 Å². The number of aromatic nitrogens is 4. The molecule has 4 heterocycles. The monoisotopic (exact) mass is 577 g/mol. The molecule has 0 saturated carbocycles. The van der Waals surface area contributed by atoms with Crippen molar-refractivity contribution in [1.29, 1.82) is 0 Å². The number of hydrogen-bond donors (Lipinski definition) is 0. The van der Waals surface area contributed by atoms with Crippen molar-refractivity contribution in [3.05, 3.63) is 99.4 Å². The van der Waals surface area contributed by atoms with Crippen LogP contribution < -0.4 is 5.56 Å². The molecule has 0 amide bonds. The van der Waals surface area contributed by atoms with Crippen molar-refractivity contribution < 1.29 is 23.1 Å². The van der Waals surface area contributed by atoms with Crippen LogP contribution >= 0.6 is 0 Å². The molecule has 0 aliphatic carbocycles. The van der Waals surface area contributed by atoms with Gasteiger partial charge in [0.05, 0.1) is 23.7 Å². The molecule has 2 atom stereocenters. The Morgan fingerprint density at radius 2 is 1.93 bits per heavy atom. The number of para-hydroxylation sites is 1. The summed E-state index contributed by atoms with van der Waals surface area (Å²) < 4.78 is 36.1. The Morgan fingerprint density at radius 3 is 2.62 bits per heavy atom. The molecule has 4 aromatic rings.